The molecule has 0 fully saturated rings. The van der Waals surface area contributed by atoms with E-state index in [4.69, 9.17) is 22.7 Å². The number of aromatic amines is 1. The molecule has 0 saturated carbocycles. The topological polar surface area (TPSA) is 164 Å². The Morgan fingerprint density at radius 2 is 1.97 bits per heavy atom. The van der Waals surface area contributed by atoms with E-state index in [-0.39, 0.29) is 40.9 Å². The molecule has 0 spiro atoms. The Kier molecular flexibility index (Phi) is 7.15. The lowest BCUT2D eigenvalue weighted by molar-refractivity contribution is 0.509. The molecule has 1 aliphatic heterocycles. The average molecular weight is 529 g/mol. The van der Waals surface area contributed by atoms with E-state index in [0.717, 1.165) is 27.5 Å². The number of nitrogens with two attached hydrogens (primary N) is 1. The van der Waals surface area contributed by atoms with Gasteiger partial charge in [-0.05, 0) is 35.9 Å². The third-order valence-corrected chi connectivity index (χ3v) is 5.58. The number of aromatic nitrogens is 4. The first-order valence-corrected chi connectivity index (χ1v) is 11.0. The number of nitrogen functional groups attached to an aromatic ring is 1. The quantitative estimate of drug-likeness (QED) is 0.229. The molecule has 37 heavy (non-hydrogen) atoms. The number of nitrogens with zero attached hydrogens (tertiary/aromatic N) is 3. The molecule has 3 heterocycles. The number of pyridine rings is 1. The Labute approximate surface area is 211 Å². The highest BCUT2D eigenvalue weighted by molar-refractivity contribution is 6.32. The minimum Gasteiger partial charge on any atom is -0.396 e. The first-order chi connectivity index (χ1) is 17.7. The smallest absolute Gasteiger partial charge is 0.355 e. The van der Waals surface area contributed by atoms with E-state index < -0.39 is 34.3 Å². The van der Waals surface area contributed by atoms with Gasteiger partial charge in [0.2, 0.25) is 5.95 Å². The lowest BCUT2D eigenvalue weighted by Gasteiger charge is -2.19. The Hall–Kier alpha value is -4.78. The van der Waals surface area contributed by atoms with Crippen molar-refractivity contribution < 1.29 is 8.78 Å². The molecule has 14 heteroatoms. The first kappa shape index (κ1) is 25.3. The van der Waals surface area contributed by atoms with Gasteiger partial charge in [-0.2, -0.15) is 4.98 Å². The number of hydrogen-bond acceptors (Lipinski definition) is 8. The summed E-state index contributed by atoms with van der Waals surface area (Å²) in [6, 6.07) is 4.98. The highest BCUT2D eigenvalue weighted by Gasteiger charge is 2.19. The highest BCUT2D eigenvalue weighted by Crippen LogP contribution is 2.22. The Morgan fingerprint density at radius 1 is 1.19 bits per heavy atom. The molecule has 0 aliphatic carbocycles. The van der Waals surface area contributed by atoms with E-state index in [9.17, 15) is 23.2 Å². The molecule has 2 aromatic heterocycles. The Bertz CT molecular complexity index is 1650. The second kappa shape index (κ2) is 10.5. The number of H-pyrrole nitrogens is 1. The lowest BCUT2D eigenvalue weighted by atomic mass is 10.2. The molecule has 4 rings (SSSR count). The van der Waals surface area contributed by atoms with Crippen LogP contribution < -0.4 is 33.3 Å². The molecule has 0 amide bonds. The molecule has 0 atom stereocenters. The summed E-state index contributed by atoms with van der Waals surface area (Å²) >= 11 is 6.24. The van der Waals surface area contributed by atoms with Gasteiger partial charge in [0, 0.05) is 29.9 Å². The normalized spacial score (nSPS) is 14.1. The SMILES string of the molecule is N=C/C=C1/C=C(Nc2nc(=O)n(Cc3ccc[nH]c3=O)c(=O)n2Cc2cc(N)c(F)c(F)c2)C(Cl)=CN1. The predicted octanol–water partition coefficient (Wildman–Crippen LogP) is 1.56. The number of dihydropyridines is 1. The number of rotatable bonds is 7. The number of halogens is 3. The fourth-order valence-electron chi connectivity index (χ4n) is 3.49. The van der Waals surface area contributed by atoms with Crippen molar-refractivity contribution in [2.45, 2.75) is 13.1 Å². The number of allylic oxidation sites excluding steroid dienone is 3. The zero-order valence-electron chi connectivity index (χ0n) is 18.9. The van der Waals surface area contributed by atoms with Crippen LogP contribution in [0.4, 0.5) is 20.4 Å². The van der Waals surface area contributed by atoms with Gasteiger partial charge in [-0.3, -0.25) is 9.36 Å². The summed E-state index contributed by atoms with van der Waals surface area (Å²) in [5.74, 6) is -2.71. The molecule has 11 nitrogen and oxygen atoms in total. The molecule has 0 bridgehead atoms. The molecule has 3 aromatic rings. The fourth-order valence-corrected chi connectivity index (χ4v) is 3.65. The Balaban J connectivity index is 1.85. The Morgan fingerprint density at radius 3 is 2.68 bits per heavy atom. The molecular formula is C23H19ClF2N8O3. The zero-order chi connectivity index (χ0) is 26.7. The van der Waals surface area contributed by atoms with Gasteiger partial charge in [0.05, 0.1) is 29.5 Å². The van der Waals surface area contributed by atoms with Crippen molar-refractivity contribution in [1.29, 1.82) is 5.41 Å². The summed E-state index contributed by atoms with van der Waals surface area (Å²) in [5.41, 5.74) is 3.65. The molecule has 0 radical (unpaired) electrons. The maximum absolute atomic E-state index is 14.0. The van der Waals surface area contributed by atoms with Gasteiger partial charge in [0.25, 0.3) is 5.56 Å². The average Bonchev–Trinajstić information content (AvgIpc) is 2.86. The van der Waals surface area contributed by atoms with Crippen molar-refractivity contribution in [3.8, 4) is 0 Å². The van der Waals surface area contributed by atoms with E-state index in [1.165, 1.54) is 36.7 Å². The summed E-state index contributed by atoms with van der Waals surface area (Å²) in [6.45, 7) is -0.752. The van der Waals surface area contributed by atoms with Crippen LogP contribution in [0.25, 0.3) is 0 Å². The number of anilines is 2. The summed E-state index contributed by atoms with van der Waals surface area (Å²) in [5, 5.41) is 13.1. The molecule has 0 unspecified atom stereocenters. The lowest BCUT2D eigenvalue weighted by Crippen LogP contribution is -2.44. The summed E-state index contributed by atoms with van der Waals surface area (Å²) < 4.78 is 29.5. The fraction of sp³-hybridized carbons (Fsp3) is 0.0870. The second-order valence-corrected chi connectivity index (χ2v) is 8.19. The van der Waals surface area contributed by atoms with Gasteiger partial charge in [0.1, 0.15) is 0 Å². The first-order valence-electron chi connectivity index (χ1n) is 10.6. The van der Waals surface area contributed by atoms with Gasteiger partial charge in [-0.15, -0.1) is 0 Å². The van der Waals surface area contributed by atoms with E-state index in [2.05, 4.69) is 20.6 Å². The van der Waals surface area contributed by atoms with Crippen LogP contribution in [-0.4, -0.2) is 25.3 Å². The minimum atomic E-state index is -1.23. The molecule has 0 saturated heterocycles. The highest BCUT2D eigenvalue weighted by atomic mass is 35.5. The van der Waals surface area contributed by atoms with Gasteiger partial charge in [-0.1, -0.05) is 17.7 Å². The van der Waals surface area contributed by atoms with Crippen molar-refractivity contribution in [1.82, 2.24) is 24.4 Å². The third kappa shape index (κ3) is 5.41. The van der Waals surface area contributed by atoms with Crippen molar-refractivity contribution >= 4 is 29.5 Å². The largest absolute Gasteiger partial charge is 0.396 e. The van der Waals surface area contributed by atoms with Crippen LogP contribution in [-0.2, 0) is 13.1 Å². The maximum atomic E-state index is 14.0. The van der Waals surface area contributed by atoms with Gasteiger partial charge < -0.3 is 26.8 Å². The number of nitrogens with one attached hydrogen (secondary N) is 4. The van der Waals surface area contributed by atoms with E-state index in [1.54, 1.807) is 0 Å². The second-order valence-electron chi connectivity index (χ2n) is 7.79. The van der Waals surface area contributed by atoms with E-state index in [0.29, 0.717) is 5.70 Å². The molecule has 1 aliphatic rings. The number of hydrogen-bond donors (Lipinski definition) is 5. The summed E-state index contributed by atoms with van der Waals surface area (Å²) in [6.07, 6.45) is 6.80. The molecular weight excluding hydrogens is 510 g/mol. The van der Waals surface area contributed by atoms with E-state index >= 15 is 0 Å². The maximum Gasteiger partial charge on any atom is 0.355 e. The van der Waals surface area contributed by atoms with Crippen molar-refractivity contribution in [3.05, 3.63) is 119 Å². The van der Waals surface area contributed by atoms with Crippen LogP contribution in [0.1, 0.15) is 11.1 Å². The third-order valence-electron chi connectivity index (χ3n) is 5.27. The van der Waals surface area contributed by atoms with Gasteiger partial charge in [-0.25, -0.2) is 22.9 Å². The van der Waals surface area contributed by atoms with Crippen LogP contribution in [0.2, 0.25) is 0 Å². The van der Waals surface area contributed by atoms with Gasteiger partial charge >= 0.3 is 11.4 Å². The predicted molar refractivity (Wildman–Crippen MR) is 134 cm³/mol. The van der Waals surface area contributed by atoms with Crippen molar-refractivity contribution in [2.24, 2.45) is 0 Å². The standard InChI is InChI=1S/C23H19ClF2N8O3/c24-15-9-30-14(3-4-27)8-18(15)31-21-32-22(36)34(11-13-2-1-5-29-20(13)35)23(37)33(21)10-12-6-16(25)19(26)17(28)7-12/h1-9,27,30H,10-11,28H2,(H,29,35)(H,31,32,36)/b14-3-,27-4?. The van der Waals surface area contributed by atoms with Crippen molar-refractivity contribution in [3.63, 3.8) is 0 Å². The van der Waals surface area contributed by atoms with Crippen LogP contribution in [0.5, 0.6) is 0 Å². The van der Waals surface area contributed by atoms with Crippen LogP contribution in [0, 0.1) is 17.0 Å². The number of benzene rings is 1. The molecule has 1 aromatic carbocycles. The van der Waals surface area contributed by atoms with Crippen LogP contribution in [0.15, 0.2) is 79.6 Å². The van der Waals surface area contributed by atoms with Gasteiger partial charge in [0.15, 0.2) is 11.6 Å². The minimum absolute atomic E-state index is 0.108. The summed E-state index contributed by atoms with van der Waals surface area (Å²) in [7, 11) is 0. The van der Waals surface area contributed by atoms with Crippen LogP contribution in [0.3, 0.4) is 0 Å². The molecule has 190 valence electrons. The van der Waals surface area contributed by atoms with Crippen LogP contribution >= 0.6 is 11.6 Å². The zero-order valence-corrected chi connectivity index (χ0v) is 19.6. The monoisotopic (exact) mass is 528 g/mol. The van der Waals surface area contributed by atoms with E-state index in [1.807, 2.05) is 0 Å². The van der Waals surface area contributed by atoms with Crippen molar-refractivity contribution in [2.75, 3.05) is 11.1 Å². The summed E-state index contributed by atoms with van der Waals surface area (Å²) in [4.78, 5) is 44.9. The molecule has 6 N–H and O–H groups in total.